The fourth-order valence-electron chi connectivity index (χ4n) is 4.27. The summed E-state index contributed by atoms with van der Waals surface area (Å²) in [6, 6.07) is 12.0. The van der Waals surface area contributed by atoms with Gasteiger partial charge in [0.15, 0.2) is 5.78 Å². The third-order valence-electron chi connectivity index (χ3n) is 6.34. The van der Waals surface area contributed by atoms with E-state index in [0.29, 0.717) is 39.4 Å². The summed E-state index contributed by atoms with van der Waals surface area (Å²) in [5.41, 5.74) is 1.00. The smallest absolute Gasteiger partial charge is 0.194 e. The standard InChI is InChI=1S/C27H35Cl2NO3/c1-2-3-4-5-6-23(31)18-30-15-13-20(14-16-30)19-33-24-11-12-25(26(29)17-24)27(32)21-7-9-22(28)10-8-21/h7-12,17,20,23,31H,2-6,13-16,18-19H2,1H3/t23-/m0/s1. The van der Waals surface area contributed by atoms with Gasteiger partial charge in [0.1, 0.15) is 5.75 Å². The fraction of sp³-hybridized carbons (Fsp3) is 0.519. The lowest BCUT2D eigenvalue weighted by Gasteiger charge is -2.33. The van der Waals surface area contributed by atoms with Crippen LogP contribution in [0.1, 0.15) is 67.8 Å². The SMILES string of the molecule is CCCCCC[C@H](O)CN1CCC(COc2ccc(C(=O)c3ccc(Cl)cc3)c(Cl)c2)CC1. The van der Waals surface area contributed by atoms with Gasteiger partial charge in [0.05, 0.1) is 17.7 Å². The first-order valence-corrected chi connectivity index (χ1v) is 12.8. The van der Waals surface area contributed by atoms with E-state index in [-0.39, 0.29) is 11.9 Å². The van der Waals surface area contributed by atoms with E-state index < -0.39 is 0 Å². The number of hydrogen-bond acceptors (Lipinski definition) is 4. The number of ether oxygens (including phenoxy) is 1. The second kappa shape index (κ2) is 13.3. The van der Waals surface area contributed by atoms with Gasteiger partial charge in [-0.05, 0) is 80.7 Å². The predicted molar refractivity (Wildman–Crippen MR) is 136 cm³/mol. The van der Waals surface area contributed by atoms with E-state index in [4.69, 9.17) is 27.9 Å². The fourth-order valence-corrected chi connectivity index (χ4v) is 4.65. The number of benzene rings is 2. The topological polar surface area (TPSA) is 49.8 Å². The molecule has 1 fully saturated rings. The average Bonchev–Trinajstić information content (AvgIpc) is 2.81. The first-order valence-electron chi connectivity index (χ1n) is 12.1. The van der Waals surface area contributed by atoms with Gasteiger partial charge in [-0.1, -0.05) is 55.8 Å². The number of carbonyl (C=O) groups is 1. The summed E-state index contributed by atoms with van der Waals surface area (Å²) in [5, 5.41) is 11.3. The maximum absolute atomic E-state index is 12.7. The second-order valence-corrected chi connectivity index (χ2v) is 9.88. The molecule has 0 aromatic heterocycles. The van der Waals surface area contributed by atoms with E-state index in [1.54, 1.807) is 42.5 Å². The summed E-state index contributed by atoms with van der Waals surface area (Å²) in [4.78, 5) is 15.1. The third kappa shape index (κ3) is 8.29. The molecule has 0 bridgehead atoms. The molecule has 1 atom stereocenters. The molecule has 1 N–H and O–H groups in total. The van der Waals surface area contributed by atoms with Crippen LogP contribution in [0.3, 0.4) is 0 Å². The number of rotatable bonds is 12. The van der Waals surface area contributed by atoms with Crippen molar-refractivity contribution in [2.24, 2.45) is 5.92 Å². The summed E-state index contributed by atoms with van der Waals surface area (Å²) >= 11 is 12.3. The zero-order chi connectivity index (χ0) is 23.6. The highest BCUT2D eigenvalue weighted by atomic mass is 35.5. The van der Waals surface area contributed by atoms with E-state index in [1.807, 2.05) is 0 Å². The average molecular weight is 492 g/mol. The first kappa shape index (κ1) is 26.0. The molecule has 0 saturated carbocycles. The van der Waals surface area contributed by atoms with Gasteiger partial charge in [-0.2, -0.15) is 0 Å². The Hall–Kier alpha value is -1.59. The highest BCUT2D eigenvalue weighted by Crippen LogP contribution is 2.27. The quantitative estimate of drug-likeness (QED) is 0.266. The first-order chi connectivity index (χ1) is 16.0. The summed E-state index contributed by atoms with van der Waals surface area (Å²) in [7, 11) is 0. The molecule has 1 heterocycles. The highest BCUT2D eigenvalue weighted by Gasteiger charge is 2.22. The molecule has 4 nitrogen and oxygen atoms in total. The number of carbonyl (C=O) groups excluding carboxylic acids is 1. The van der Waals surface area contributed by atoms with E-state index in [9.17, 15) is 9.90 Å². The highest BCUT2D eigenvalue weighted by molar-refractivity contribution is 6.35. The van der Waals surface area contributed by atoms with Crippen molar-refractivity contribution in [2.45, 2.75) is 58.0 Å². The van der Waals surface area contributed by atoms with Gasteiger partial charge in [-0.15, -0.1) is 0 Å². The Balaban J connectivity index is 1.41. The molecule has 180 valence electrons. The van der Waals surface area contributed by atoms with Crippen molar-refractivity contribution in [1.82, 2.24) is 4.90 Å². The van der Waals surface area contributed by atoms with Crippen molar-refractivity contribution >= 4 is 29.0 Å². The number of nitrogens with zero attached hydrogens (tertiary/aromatic N) is 1. The molecule has 2 aromatic carbocycles. The number of aliphatic hydroxyl groups is 1. The molecule has 1 aliphatic rings. The molecule has 0 aliphatic carbocycles. The maximum Gasteiger partial charge on any atom is 0.194 e. The van der Waals surface area contributed by atoms with Crippen molar-refractivity contribution < 1.29 is 14.6 Å². The number of unbranched alkanes of at least 4 members (excludes halogenated alkanes) is 3. The van der Waals surface area contributed by atoms with Gasteiger partial charge in [-0.3, -0.25) is 4.79 Å². The minimum atomic E-state index is -0.217. The van der Waals surface area contributed by atoms with Crippen molar-refractivity contribution in [1.29, 1.82) is 0 Å². The minimum Gasteiger partial charge on any atom is -0.493 e. The number of β-amino-alcohol motifs (C(OH)–C–C–N with tert-alkyl or cyclic N) is 1. The molecule has 2 aromatic rings. The normalized spacial score (nSPS) is 16.0. The van der Waals surface area contributed by atoms with E-state index in [1.165, 1.54) is 19.3 Å². The van der Waals surface area contributed by atoms with Crippen LogP contribution in [0.2, 0.25) is 10.0 Å². The monoisotopic (exact) mass is 491 g/mol. The number of aliphatic hydroxyl groups excluding tert-OH is 1. The number of ketones is 1. The van der Waals surface area contributed by atoms with Gasteiger partial charge in [0, 0.05) is 22.7 Å². The molecule has 0 spiro atoms. The number of hydrogen-bond donors (Lipinski definition) is 1. The number of halogens is 2. The van der Waals surface area contributed by atoms with Crippen LogP contribution < -0.4 is 4.74 Å². The molecule has 6 heteroatoms. The molecule has 33 heavy (non-hydrogen) atoms. The molecule has 0 amide bonds. The lowest BCUT2D eigenvalue weighted by molar-refractivity contribution is 0.0735. The van der Waals surface area contributed by atoms with Gasteiger partial charge < -0.3 is 14.7 Å². The summed E-state index contributed by atoms with van der Waals surface area (Å²) in [6.07, 6.45) is 7.62. The molecule has 1 aliphatic heterocycles. The van der Waals surface area contributed by atoms with Crippen LogP contribution in [-0.2, 0) is 0 Å². The van der Waals surface area contributed by atoms with Crippen molar-refractivity contribution in [3.05, 3.63) is 63.6 Å². The number of piperidine rings is 1. The van der Waals surface area contributed by atoms with Crippen LogP contribution in [0.15, 0.2) is 42.5 Å². The largest absolute Gasteiger partial charge is 0.493 e. The van der Waals surface area contributed by atoms with Gasteiger partial charge in [0.2, 0.25) is 0 Å². The lowest BCUT2D eigenvalue weighted by atomic mass is 9.97. The van der Waals surface area contributed by atoms with E-state index >= 15 is 0 Å². The Kier molecular flexibility index (Phi) is 10.5. The Labute approximate surface area is 207 Å². The van der Waals surface area contributed by atoms with Crippen LogP contribution in [0, 0.1) is 5.92 Å². The predicted octanol–water partition coefficient (Wildman–Crippen LogP) is 6.65. The Bertz CT molecular complexity index is 879. The zero-order valence-corrected chi connectivity index (χ0v) is 21.0. The second-order valence-electron chi connectivity index (χ2n) is 9.04. The molecule has 1 saturated heterocycles. The van der Waals surface area contributed by atoms with Crippen LogP contribution >= 0.6 is 23.2 Å². The minimum absolute atomic E-state index is 0.136. The Morgan fingerprint density at radius 1 is 1.09 bits per heavy atom. The lowest BCUT2D eigenvalue weighted by Crippen LogP contribution is -2.40. The van der Waals surface area contributed by atoms with Crippen molar-refractivity contribution in [2.75, 3.05) is 26.2 Å². The maximum atomic E-state index is 12.7. The van der Waals surface area contributed by atoms with Crippen LogP contribution in [0.4, 0.5) is 0 Å². The zero-order valence-electron chi connectivity index (χ0n) is 19.4. The Morgan fingerprint density at radius 3 is 2.48 bits per heavy atom. The van der Waals surface area contributed by atoms with Crippen molar-refractivity contribution in [3.63, 3.8) is 0 Å². The van der Waals surface area contributed by atoms with Crippen molar-refractivity contribution in [3.8, 4) is 5.75 Å². The summed E-state index contributed by atoms with van der Waals surface area (Å²) < 4.78 is 5.99. The Morgan fingerprint density at radius 2 is 1.82 bits per heavy atom. The van der Waals surface area contributed by atoms with Crippen LogP contribution in [0.25, 0.3) is 0 Å². The number of likely N-dealkylation sites (tertiary alicyclic amines) is 1. The van der Waals surface area contributed by atoms with E-state index in [2.05, 4.69) is 11.8 Å². The van der Waals surface area contributed by atoms with Crippen LogP contribution in [-0.4, -0.2) is 48.1 Å². The third-order valence-corrected chi connectivity index (χ3v) is 6.91. The molecular weight excluding hydrogens is 457 g/mol. The van der Waals surface area contributed by atoms with Gasteiger partial charge >= 0.3 is 0 Å². The molecule has 0 unspecified atom stereocenters. The summed E-state index contributed by atoms with van der Waals surface area (Å²) in [6.45, 7) is 5.61. The molecular formula is C27H35Cl2NO3. The molecule has 0 radical (unpaired) electrons. The van der Waals surface area contributed by atoms with E-state index in [0.717, 1.165) is 45.3 Å². The molecule has 3 rings (SSSR count). The van der Waals surface area contributed by atoms with Crippen LogP contribution in [0.5, 0.6) is 5.75 Å². The van der Waals surface area contributed by atoms with Gasteiger partial charge in [-0.25, -0.2) is 0 Å². The summed E-state index contributed by atoms with van der Waals surface area (Å²) in [5.74, 6) is 1.03. The van der Waals surface area contributed by atoms with Gasteiger partial charge in [0.25, 0.3) is 0 Å².